The van der Waals surface area contributed by atoms with Gasteiger partial charge in [-0.2, -0.15) is 0 Å². The summed E-state index contributed by atoms with van der Waals surface area (Å²) >= 11 is 1.64. The van der Waals surface area contributed by atoms with Crippen LogP contribution in [0.5, 0.6) is 0 Å². The van der Waals surface area contributed by atoms with E-state index >= 15 is 0 Å². The van der Waals surface area contributed by atoms with Gasteiger partial charge < -0.3 is 5.32 Å². The Bertz CT molecular complexity index is 467. The van der Waals surface area contributed by atoms with E-state index in [2.05, 4.69) is 34.3 Å². The average Bonchev–Trinajstić information content (AvgIpc) is 2.84. The lowest BCUT2D eigenvalue weighted by Crippen LogP contribution is -2.22. The first-order valence-corrected chi connectivity index (χ1v) is 7.01. The van der Waals surface area contributed by atoms with E-state index in [0.717, 1.165) is 35.1 Å². The van der Waals surface area contributed by atoms with Crippen LogP contribution in [0.4, 0.5) is 0 Å². The smallest absolute Gasteiger partial charge is 0.149 e. The van der Waals surface area contributed by atoms with E-state index in [9.17, 15) is 0 Å². The fourth-order valence-electron chi connectivity index (χ4n) is 1.55. The zero-order valence-corrected chi connectivity index (χ0v) is 11.6. The van der Waals surface area contributed by atoms with Crippen molar-refractivity contribution in [1.29, 1.82) is 0 Å². The van der Waals surface area contributed by atoms with Crippen molar-refractivity contribution in [3.63, 3.8) is 0 Å². The van der Waals surface area contributed by atoms with Gasteiger partial charge in [-0.1, -0.05) is 25.2 Å². The highest BCUT2D eigenvalue weighted by molar-refractivity contribution is 7.14. The van der Waals surface area contributed by atoms with Crippen LogP contribution in [0.15, 0.2) is 24.5 Å². The van der Waals surface area contributed by atoms with Gasteiger partial charge in [0, 0.05) is 30.9 Å². The van der Waals surface area contributed by atoms with Crippen molar-refractivity contribution in [3.8, 4) is 10.6 Å². The zero-order valence-electron chi connectivity index (χ0n) is 10.8. The molecule has 0 bridgehead atoms. The van der Waals surface area contributed by atoms with E-state index in [1.54, 1.807) is 17.5 Å². The highest BCUT2D eigenvalue weighted by atomic mass is 32.1. The standard InChI is InChI=1S/C13H18N4S/c1-10(2)8-15-7-5-12-16-17-13(18-12)11-4-3-6-14-9-11/h3-4,6,9-10,15H,5,7-8H2,1-2H3. The molecule has 0 unspecified atom stereocenters. The van der Waals surface area contributed by atoms with Crippen LogP contribution in [0, 0.1) is 5.92 Å². The average molecular weight is 262 g/mol. The Hall–Kier alpha value is -1.33. The highest BCUT2D eigenvalue weighted by Gasteiger charge is 2.06. The first-order valence-electron chi connectivity index (χ1n) is 6.19. The summed E-state index contributed by atoms with van der Waals surface area (Å²) in [5, 5.41) is 13.8. The van der Waals surface area contributed by atoms with Gasteiger partial charge in [-0.15, -0.1) is 10.2 Å². The Labute approximate surface area is 111 Å². The zero-order chi connectivity index (χ0) is 12.8. The van der Waals surface area contributed by atoms with E-state index in [-0.39, 0.29) is 0 Å². The third-order valence-corrected chi connectivity index (χ3v) is 3.48. The van der Waals surface area contributed by atoms with Crippen LogP contribution in [0.1, 0.15) is 18.9 Å². The Morgan fingerprint density at radius 1 is 1.33 bits per heavy atom. The molecule has 5 heteroatoms. The Kier molecular flexibility index (Phi) is 4.78. The minimum atomic E-state index is 0.686. The molecule has 18 heavy (non-hydrogen) atoms. The van der Waals surface area contributed by atoms with Crippen molar-refractivity contribution in [2.75, 3.05) is 13.1 Å². The summed E-state index contributed by atoms with van der Waals surface area (Å²) < 4.78 is 0. The van der Waals surface area contributed by atoms with Gasteiger partial charge in [-0.25, -0.2) is 0 Å². The number of aromatic nitrogens is 3. The van der Waals surface area contributed by atoms with Crippen LogP contribution < -0.4 is 5.32 Å². The molecule has 2 heterocycles. The molecule has 1 N–H and O–H groups in total. The number of nitrogens with zero attached hydrogens (tertiary/aromatic N) is 3. The molecule has 0 fully saturated rings. The molecule has 0 aliphatic rings. The molecule has 0 amide bonds. The topological polar surface area (TPSA) is 50.7 Å². The van der Waals surface area contributed by atoms with E-state index in [1.165, 1.54) is 0 Å². The molecule has 2 rings (SSSR count). The second-order valence-electron chi connectivity index (χ2n) is 4.59. The SMILES string of the molecule is CC(C)CNCCc1nnc(-c2cccnc2)s1. The fraction of sp³-hybridized carbons (Fsp3) is 0.462. The van der Waals surface area contributed by atoms with Gasteiger partial charge in [0.1, 0.15) is 10.0 Å². The van der Waals surface area contributed by atoms with Gasteiger partial charge in [0.2, 0.25) is 0 Å². The monoisotopic (exact) mass is 262 g/mol. The van der Waals surface area contributed by atoms with Crippen molar-refractivity contribution in [2.24, 2.45) is 5.92 Å². The van der Waals surface area contributed by atoms with Crippen LogP contribution in [0.2, 0.25) is 0 Å². The molecule has 0 aliphatic heterocycles. The van der Waals surface area contributed by atoms with Crippen molar-refractivity contribution in [2.45, 2.75) is 20.3 Å². The third kappa shape index (κ3) is 3.85. The van der Waals surface area contributed by atoms with Crippen molar-refractivity contribution < 1.29 is 0 Å². The second-order valence-corrected chi connectivity index (χ2v) is 5.65. The lowest BCUT2D eigenvalue weighted by molar-refractivity contribution is 0.553. The van der Waals surface area contributed by atoms with Crippen LogP contribution >= 0.6 is 11.3 Å². The van der Waals surface area contributed by atoms with Gasteiger partial charge in [-0.05, 0) is 24.6 Å². The minimum absolute atomic E-state index is 0.686. The Morgan fingerprint density at radius 2 is 2.22 bits per heavy atom. The van der Waals surface area contributed by atoms with Gasteiger partial charge in [0.25, 0.3) is 0 Å². The molecule has 0 atom stereocenters. The number of pyridine rings is 1. The quantitative estimate of drug-likeness (QED) is 0.812. The van der Waals surface area contributed by atoms with E-state index in [1.807, 2.05) is 18.3 Å². The van der Waals surface area contributed by atoms with Crippen molar-refractivity contribution >= 4 is 11.3 Å². The fourth-order valence-corrected chi connectivity index (χ4v) is 2.38. The van der Waals surface area contributed by atoms with Gasteiger partial charge in [0.15, 0.2) is 0 Å². The molecule has 0 aliphatic carbocycles. The van der Waals surface area contributed by atoms with Crippen molar-refractivity contribution in [3.05, 3.63) is 29.5 Å². The molecule has 0 aromatic carbocycles. The first-order chi connectivity index (χ1) is 8.75. The molecule has 0 spiro atoms. The summed E-state index contributed by atoms with van der Waals surface area (Å²) in [6, 6.07) is 3.93. The summed E-state index contributed by atoms with van der Waals surface area (Å²) in [5.74, 6) is 0.686. The molecule has 2 aromatic heterocycles. The minimum Gasteiger partial charge on any atom is -0.316 e. The Balaban J connectivity index is 1.87. The van der Waals surface area contributed by atoms with E-state index in [4.69, 9.17) is 0 Å². The highest BCUT2D eigenvalue weighted by Crippen LogP contribution is 2.22. The molecule has 0 radical (unpaired) electrons. The summed E-state index contributed by atoms with van der Waals surface area (Å²) in [5.41, 5.74) is 1.04. The molecule has 96 valence electrons. The van der Waals surface area contributed by atoms with E-state index < -0.39 is 0 Å². The number of nitrogens with one attached hydrogen (secondary N) is 1. The summed E-state index contributed by atoms with van der Waals surface area (Å²) in [6.07, 6.45) is 4.52. The summed E-state index contributed by atoms with van der Waals surface area (Å²) in [7, 11) is 0. The maximum Gasteiger partial charge on any atom is 0.149 e. The predicted molar refractivity (Wildman–Crippen MR) is 74.6 cm³/mol. The van der Waals surface area contributed by atoms with Gasteiger partial charge >= 0.3 is 0 Å². The molecule has 0 saturated carbocycles. The lowest BCUT2D eigenvalue weighted by Gasteiger charge is -2.05. The second kappa shape index (κ2) is 6.56. The summed E-state index contributed by atoms with van der Waals surface area (Å²) in [6.45, 7) is 6.42. The van der Waals surface area contributed by atoms with Gasteiger partial charge in [-0.3, -0.25) is 4.98 Å². The molecule has 4 nitrogen and oxygen atoms in total. The van der Waals surface area contributed by atoms with Crippen LogP contribution in [-0.2, 0) is 6.42 Å². The van der Waals surface area contributed by atoms with Crippen LogP contribution in [0.3, 0.4) is 0 Å². The molecular weight excluding hydrogens is 244 g/mol. The largest absolute Gasteiger partial charge is 0.316 e. The molecule has 0 saturated heterocycles. The first kappa shape index (κ1) is 13.1. The van der Waals surface area contributed by atoms with Crippen LogP contribution in [0.25, 0.3) is 10.6 Å². The summed E-state index contributed by atoms with van der Waals surface area (Å²) in [4.78, 5) is 4.09. The lowest BCUT2D eigenvalue weighted by atomic mass is 10.2. The third-order valence-electron chi connectivity index (χ3n) is 2.44. The number of hydrogen-bond acceptors (Lipinski definition) is 5. The number of hydrogen-bond donors (Lipinski definition) is 1. The Morgan fingerprint density at radius 3 is 2.94 bits per heavy atom. The maximum atomic E-state index is 4.21. The van der Waals surface area contributed by atoms with Gasteiger partial charge in [0.05, 0.1) is 0 Å². The maximum absolute atomic E-state index is 4.21. The number of rotatable bonds is 6. The molecule has 2 aromatic rings. The predicted octanol–water partition coefficient (Wildman–Crippen LogP) is 2.39. The normalized spacial score (nSPS) is 11.1. The van der Waals surface area contributed by atoms with E-state index in [0.29, 0.717) is 5.92 Å². The van der Waals surface area contributed by atoms with Crippen LogP contribution in [-0.4, -0.2) is 28.3 Å². The van der Waals surface area contributed by atoms with Crippen molar-refractivity contribution in [1.82, 2.24) is 20.5 Å². The molecular formula is C13H18N4S.